The molecule has 0 spiro atoms. The van der Waals surface area contributed by atoms with E-state index in [1.54, 1.807) is 0 Å². The van der Waals surface area contributed by atoms with Crippen LogP contribution in [0.1, 0.15) is 11.1 Å². The zero-order valence-electron chi connectivity index (χ0n) is 10.3. The van der Waals surface area contributed by atoms with Gasteiger partial charge in [0.25, 0.3) is 0 Å². The molecule has 0 aromatic heterocycles. The van der Waals surface area contributed by atoms with E-state index in [0.29, 0.717) is 4.62 Å². The van der Waals surface area contributed by atoms with Gasteiger partial charge in [-0.05, 0) is 0 Å². The molecular weight excluding hydrogens is 315 g/mol. The van der Waals surface area contributed by atoms with E-state index in [-0.39, 0.29) is 0 Å². The molecule has 2 aromatic carbocycles. The Hall–Kier alpha value is -0.801. The van der Waals surface area contributed by atoms with Crippen molar-refractivity contribution < 1.29 is 5.11 Å². The molecule has 0 heterocycles. The number of aliphatic hydroxyl groups excluding tert-OH is 1. The van der Waals surface area contributed by atoms with Crippen LogP contribution in [-0.4, -0.2) is 29.5 Å². The van der Waals surface area contributed by atoms with Gasteiger partial charge in [0.1, 0.15) is 0 Å². The van der Waals surface area contributed by atoms with E-state index in [4.69, 9.17) is 0 Å². The molecule has 1 N–H and O–H groups in total. The Morgan fingerprint density at radius 3 is 1.71 bits per heavy atom. The van der Waals surface area contributed by atoms with E-state index in [0.717, 1.165) is 0 Å². The van der Waals surface area contributed by atoms with Crippen LogP contribution in [0.4, 0.5) is 0 Å². The zero-order chi connectivity index (χ0) is 12.3. The molecule has 0 bridgehead atoms. The van der Waals surface area contributed by atoms with Crippen molar-refractivity contribution in [3.05, 3.63) is 59.7 Å². The van der Waals surface area contributed by atoms with Gasteiger partial charge in [0.05, 0.1) is 0 Å². The van der Waals surface area contributed by atoms with Gasteiger partial charge >= 0.3 is 110 Å². The summed E-state index contributed by atoms with van der Waals surface area (Å²) >= 11 is -2.06. The second-order valence-electron chi connectivity index (χ2n) is 4.38. The number of aryl methyl sites for hydroxylation is 2. The van der Waals surface area contributed by atoms with Crippen molar-refractivity contribution in [2.75, 3.05) is 4.62 Å². The first-order valence-electron chi connectivity index (χ1n) is 5.81. The van der Waals surface area contributed by atoms with E-state index >= 15 is 0 Å². The van der Waals surface area contributed by atoms with E-state index in [1.807, 2.05) is 0 Å². The Labute approximate surface area is 110 Å². The van der Waals surface area contributed by atoms with E-state index in [2.05, 4.69) is 62.4 Å². The number of benzene rings is 2. The van der Waals surface area contributed by atoms with Gasteiger partial charge in [0.2, 0.25) is 0 Å². The Balaban J connectivity index is 2.40. The molecule has 17 heavy (non-hydrogen) atoms. The predicted molar refractivity (Wildman–Crippen MR) is 74.5 cm³/mol. The second kappa shape index (κ2) is 5.69. The average Bonchev–Trinajstić information content (AvgIpc) is 2.30. The fraction of sp³-hybridized carbons (Fsp3) is 0.200. The van der Waals surface area contributed by atoms with E-state index in [9.17, 15) is 5.11 Å². The molecular formula is C15H17OSn. The molecule has 1 radical (unpaired) electrons. The summed E-state index contributed by atoms with van der Waals surface area (Å²) in [7, 11) is 0. The zero-order valence-corrected chi connectivity index (χ0v) is 13.1. The molecule has 0 amide bonds. The number of hydrogen-bond acceptors (Lipinski definition) is 1. The molecule has 2 aromatic rings. The first-order chi connectivity index (χ1) is 8.20. The summed E-state index contributed by atoms with van der Waals surface area (Å²) in [4.78, 5) is 0. The van der Waals surface area contributed by atoms with Crippen LogP contribution in [0.25, 0.3) is 0 Å². The average molecular weight is 332 g/mol. The molecule has 0 aliphatic rings. The first-order valence-corrected chi connectivity index (χ1v) is 10.7. The fourth-order valence-corrected chi connectivity index (χ4v) is 8.00. The van der Waals surface area contributed by atoms with Crippen molar-refractivity contribution in [1.82, 2.24) is 0 Å². The van der Waals surface area contributed by atoms with Crippen LogP contribution in [0, 0.1) is 13.8 Å². The molecule has 1 nitrogen and oxygen atoms in total. The summed E-state index contributed by atoms with van der Waals surface area (Å²) < 4.78 is 3.09. The Kier molecular flexibility index (Phi) is 4.24. The third-order valence-corrected chi connectivity index (χ3v) is 9.55. The molecule has 87 valence electrons. The van der Waals surface area contributed by atoms with Gasteiger partial charge in [-0.25, -0.2) is 0 Å². The summed E-state index contributed by atoms with van der Waals surface area (Å²) in [6.45, 7) is 4.22. The minimum atomic E-state index is -2.06. The molecule has 0 aliphatic heterocycles. The summed E-state index contributed by atoms with van der Waals surface area (Å²) in [5.41, 5.74) is 2.56. The van der Waals surface area contributed by atoms with Gasteiger partial charge in [0, 0.05) is 0 Å². The van der Waals surface area contributed by atoms with Crippen molar-refractivity contribution in [2.45, 2.75) is 13.8 Å². The van der Waals surface area contributed by atoms with Crippen molar-refractivity contribution >= 4 is 26.9 Å². The molecule has 2 rings (SSSR count). The summed E-state index contributed by atoms with van der Waals surface area (Å²) in [6, 6.07) is 17.2. The third kappa shape index (κ3) is 3.11. The normalized spacial score (nSPS) is 10.8. The summed E-state index contributed by atoms with van der Waals surface area (Å²) in [5, 5.41) is 9.70. The van der Waals surface area contributed by atoms with Gasteiger partial charge in [-0.2, -0.15) is 0 Å². The fourth-order valence-electron chi connectivity index (χ4n) is 2.01. The van der Waals surface area contributed by atoms with E-state index < -0.39 is 19.8 Å². The van der Waals surface area contributed by atoms with Crippen LogP contribution < -0.4 is 7.16 Å². The van der Waals surface area contributed by atoms with Crippen LogP contribution >= 0.6 is 0 Å². The van der Waals surface area contributed by atoms with Gasteiger partial charge in [-0.3, -0.25) is 0 Å². The first kappa shape index (κ1) is 12.7. The molecule has 0 fully saturated rings. The van der Waals surface area contributed by atoms with Crippen LogP contribution in [0.15, 0.2) is 48.5 Å². The quantitative estimate of drug-likeness (QED) is 0.844. The number of hydrogen-bond donors (Lipinski definition) is 1. The SMILES string of the molecule is Cc1ccc[c]([Sn]([CH2]O)[c]2cccc(C)c2)c1. The maximum absolute atomic E-state index is 9.70. The minimum absolute atomic E-state index is 0.342. The van der Waals surface area contributed by atoms with Gasteiger partial charge in [-0.15, -0.1) is 0 Å². The predicted octanol–water partition coefficient (Wildman–Crippen LogP) is 1.44. The standard InChI is InChI=1S/2C7H7.CH3O.Sn/c2*1-7-5-3-2-4-6-7;1-2;/h2*2-3,5-6H,1H3;2H,1H2;. The van der Waals surface area contributed by atoms with Crippen molar-refractivity contribution in [1.29, 1.82) is 0 Å². The number of aliphatic hydroxyl groups is 1. The molecule has 0 unspecified atom stereocenters. The monoisotopic (exact) mass is 333 g/mol. The summed E-state index contributed by atoms with van der Waals surface area (Å²) in [6.07, 6.45) is 0. The molecule has 0 saturated carbocycles. The Morgan fingerprint density at radius 2 is 1.35 bits per heavy atom. The molecule has 2 heteroatoms. The third-order valence-electron chi connectivity index (χ3n) is 2.89. The van der Waals surface area contributed by atoms with Gasteiger partial charge in [-0.1, -0.05) is 0 Å². The van der Waals surface area contributed by atoms with Crippen molar-refractivity contribution in [3.63, 3.8) is 0 Å². The van der Waals surface area contributed by atoms with Crippen LogP contribution in [0.2, 0.25) is 0 Å². The van der Waals surface area contributed by atoms with Gasteiger partial charge < -0.3 is 0 Å². The van der Waals surface area contributed by atoms with Gasteiger partial charge in [0.15, 0.2) is 0 Å². The Bertz CT molecular complexity index is 462. The molecule has 0 saturated heterocycles. The summed E-state index contributed by atoms with van der Waals surface area (Å²) in [5.74, 6) is 0. The van der Waals surface area contributed by atoms with Crippen LogP contribution in [-0.2, 0) is 0 Å². The van der Waals surface area contributed by atoms with Crippen LogP contribution in [0.3, 0.4) is 0 Å². The van der Waals surface area contributed by atoms with Crippen LogP contribution in [0.5, 0.6) is 0 Å². The Morgan fingerprint density at radius 1 is 0.882 bits per heavy atom. The number of rotatable bonds is 3. The molecule has 0 atom stereocenters. The molecule has 0 aliphatic carbocycles. The second-order valence-corrected chi connectivity index (χ2v) is 11.3. The van der Waals surface area contributed by atoms with Crippen molar-refractivity contribution in [3.8, 4) is 0 Å². The van der Waals surface area contributed by atoms with E-state index in [1.165, 1.54) is 18.3 Å². The van der Waals surface area contributed by atoms with Crippen molar-refractivity contribution in [2.24, 2.45) is 0 Å². The maximum atomic E-state index is 9.70. The topological polar surface area (TPSA) is 20.2 Å².